The van der Waals surface area contributed by atoms with Crippen molar-refractivity contribution in [3.63, 3.8) is 0 Å². The summed E-state index contributed by atoms with van der Waals surface area (Å²) >= 11 is 6.14. The van der Waals surface area contributed by atoms with E-state index < -0.39 is 5.56 Å². The zero-order chi connectivity index (χ0) is 20.6. The van der Waals surface area contributed by atoms with Gasteiger partial charge in [-0.25, -0.2) is 10.4 Å². The van der Waals surface area contributed by atoms with Crippen LogP contribution in [0.4, 0.5) is 5.95 Å². The van der Waals surface area contributed by atoms with Crippen LogP contribution in [0.2, 0.25) is 5.02 Å². The summed E-state index contributed by atoms with van der Waals surface area (Å²) in [6.45, 7) is 0.121. The maximum absolute atomic E-state index is 12.2. The van der Waals surface area contributed by atoms with E-state index in [2.05, 4.69) is 26.4 Å². The fourth-order valence-corrected chi connectivity index (χ4v) is 2.68. The van der Waals surface area contributed by atoms with Crippen LogP contribution in [-0.4, -0.2) is 22.8 Å². The topological polar surface area (TPSA) is 103 Å². The molecule has 3 aromatic rings. The highest BCUT2D eigenvalue weighted by Crippen LogP contribution is 2.25. The number of terminal acetylenes is 1. The van der Waals surface area contributed by atoms with Crippen LogP contribution < -0.4 is 15.7 Å². The summed E-state index contributed by atoms with van der Waals surface area (Å²) in [6, 6.07) is 15.9. The first-order valence-electron chi connectivity index (χ1n) is 8.37. The number of hydrazone groups is 1. The standard InChI is InChI=1S/C21H14ClN5O2/c1-2-10-29-18-9-8-14(11-17(18)22)13-24-27-21-25-19(15-6-4-3-5-7-15)16(12-23)20(28)26-21/h1,3-9,11,13H,10H2,(H2,25,26,27,28). The van der Waals surface area contributed by atoms with E-state index in [-0.39, 0.29) is 23.8 Å². The van der Waals surface area contributed by atoms with Gasteiger partial charge in [-0.15, -0.1) is 6.42 Å². The van der Waals surface area contributed by atoms with Crippen LogP contribution in [0, 0.1) is 23.7 Å². The lowest BCUT2D eigenvalue weighted by Crippen LogP contribution is -2.16. The minimum atomic E-state index is -0.558. The molecule has 0 radical (unpaired) electrons. The first kappa shape index (κ1) is 19.7. The summed E-state index contributed by atoms with van der Waals surface area (Å²) in [5.41, 5.74) is 3.64. The summed E-state index contributed by atoms with van der Waals surface area (Å²) < 4.78 is 5.30. The number of nitriles is 1. The summed E-state index contributed by atoms with van der Waals surface area (Å²) in [5, 5.41) is 13.7. The van der Waals surface area contributed by atoms with Gasteiger partial charge in [0.05, 0.1) is 16.9 Å². The molecule has 0 aliphatic heterocycles. The molecule has 2 aromatic carbocycles. The monoisotopic (exact) mass is 403 g/mol. The Morgan fingerprint density at radius 3 is 2.79 bits per heavy atom. The molecule has 3 rings (SSSR count). The van der Waals surface area contributed by atoms with E-state index in [0.29, 0.717) is 21.9 Å². The molecule has 0 spiro atoms. The van der Waals surface area contributed by atoms with Crippen LogP contribution >= 0.6 is 11.6 Å². The Morgan fingerprint density at radius 1 is 1.31 bits per heavy atom. The average Bonchev–Trinajstić information content (AvgIpc) is 2.73. The minimum Gasteiger partial charge on any atom is -0.479 e. The van der Waals surface area contributed by atoms with Gasteiger partial charge in [0, 0.05) is 5.56 Å². The van der Waals surface area contributed by atoms with Gasteiger partial charge < -0.3 is 4.74 Å². The molecule has 142 valence electrons. The van der Waals surface area contributed by atoms with Crippen molar-refractivity contribution in [3.05, 3.63) is 75.0 Å². The third kappa shape index (κ3) is 4.81. The first-order chi connectivity index (χ1) is 14.1. The van der Waals surface area contributed by atoms with Gasteiger partial charge in [0.2, 0.25) is 5.95 Å². The van der Waals surface area contributed by atoms with E-state index in [4.69, 9.17) is 22.8 Å². The van der Waals surface area contributed by atoms with Crippen molar-refractivity contribution < 1.29 is 4.74 Å². The van der Waals surface area contributed by atoms with Crippen molar-refractivity contribution in [2.45, 2.75) is 0 Å². The lowest BCUT2D eigenvalue weighted by Gasteiger charge is -2.06. The van der Waals surface area contributed by atoms with Crippen molar-refractivity contribution >= 4 is 23.8 Å². The van der Waals surface area contributed by atoms with Crippen molar-refractivity contribution in [3.8, 4) is 35.4 Å². The molecule has 0 bridgehead atoms. The van der Waals surface area contributed by atoms with Crippen LogP contribution in [0.15, 0.2) is 58.4 Å². The van der Waals surface area contributed by atoms with Gasteiger partial charge in [0.15, 0.2) is 0 Å². The van der Waals surface area contributed by atoms with E-state index in [9.17, 15) is 10.1 Å². The molecule has 0 aliphatic carbocycles. The van der Waals surface area contributed by atoms with Gasteiger partial charge in [-0.1, -0.05) is 47.9 Å². The highest BCUT2D eigenvalue weighted by Gasteiger charge is 2.12. The summed E-state index contributed by atoms with van der Waals surface area (Å²) in [5.74, 6) is 2.94. The fourth-order valence-electron chi connectivity index (χ4n) is 2.44. The van der Waals surface area contributed by atoms with Crippen molar-refractivity contribution in [2.24, 2.45) is 5.10 Å². The number of aromatic nitrogens is 2. The van der Waals surface area contributed by atoms with E-state index in [0.717, 1.165) is 0 Å². The molecule has 29 heavy (non-hydrogen) atoms. The molecule has 0 unspecified atom stereocenters. The van der Waals surface area contributed by atoms with E-state index in [1.807, 2.05) is 12.1 Å². The molecular weight excluding hydrogens is 390 g/mol. The number of ether oxygens (including phenoxy) is 1. The second-order valence-electron chi connectivity index (χ2n) is 5.67. The van der Waals surface area contributed by atoms with Gasteiger partial charge in [-0.05, 0) is 23.8 Å². The van der Waals surface area contributed by atoms with Crippen molar-refractivity contribution in [1.82, 2.24) is 9.97 Å². The molecular formula is C21H14ClN5O2. The number of nitrogens with zero attached hydrogens (tertiary/aromatic N) is 3. The number of aromatic amines is 1. The zero-order valence-corrected chi connectivity index (χ0v) is 15.8. The number of halogens is 1. The summed E-state index contributed by atoms with van der Waals surface area (Å²) in [6.07, 6.45) is 6.65. The van der Waals surface area contributed by atoms with E-state index in [1.54, 1.807) is 42.5 Å². The number of hydrogen-bond acceptors (Lipinski definition) is 6. The Bertz CT molecular complexity index is 1190. The Labute approximate surface area is 171 Å². The van der Waals surface area contributed by atoms with Crippen LogP contribution in [0.5, 0.6) is 5.75 Å². The highest BCUT2D eigenvalue weighted by atomic mass is 35.5. The Hall–Kier alpha value is -4.07. The smallest absolute Gasteiger partial charge is 0.270 e. The van der Waals surface area contributed by atoms with Crippen LogP contribution in [0.1, 0.15) is 11.1 Å². The molecule has 0 amide bonds. The normalized spacial score (nSPS) is 10.3. The zero-order valence-electron chi connectivity index (χ0n) is 15.0. The lowest BCUT2D eigenvalue weighted by atomic mass is 10.1. The molecule has 8 heteroatoms. The molecule has 1 aromatic heterocycles. The van der Waals surface area contributed by atoms with Gasteiger partial charge >= 0.3 is 0 Å². The quantitative estimate of drug-likeness (QED) is 0.373. The van der Waals surface area contributed by atoms with Crippen LogP contribution in [0.3, 0.4) is 0 Å². The molecule has 0 atom stereocenters. The second-order valence-corrected chi connectivity index (χ2v) is 6.08. The molecule has 2 N–H and O–H groups in total. The number of benzene rings is 2. The van der Waals surface area contributed by atoms with Crippen molar-refractivity contribution in [1.29, 1.82) is 5.26 Å². The average molecular weight is 404 g/mol. The molecule has 0 saturated heterocycles. The Morgan fingerprint density at radius 2 is 2.10 bits per heavy atom. The molecule has 1 heterocycles. The predicted octanol–water partition coefficient (Wildman–Crippen LogP) is 3.42. The Kier molecular flexibility index (Phi) is 6.26. The van der Waals surface area contributed by atoms with E-state index >= 15 is 0 Å². The summed E-state index contributed by atoms with van der Waals surface area (Å²) in [7, 11) is 0. The second kappa shape index (κ2) is 9.23. The number of anilines is 1. The largest absolute Gasteiger partial charge is 0.479 e. The fraction of sp³-hybridized carbons (Fsp3) is 0.0476. The predicted molar refractivity (Wildman–Crippen MR) is 112 cm³/mol. The SMILES string of the molecule is C#CCOc1ccc(C=NNc2nc(-c3ccccc3)c(C#N)c(=O)[nH]2)cc1Cl. The van der Waals surface area contributed by atoms with Gasteiger partial charge in [-0.3, -0.25) is 9.78 Å². The van der Waals surface area contributed by atoms with Crippen LogP contribution in [0.25, 0.3) is 11.3 Å². The molecule has 0 fully saturated rings. The van der Waals surface area contributed by atoms with Crippen LogP contribution in [-0.2, 0) is 0 Å². The van der Waals surface area contributed by atoms with E-state index in [1.165, 1.54) is 6.21 Å². The number of nitrogens with one attached hydrogen (secondary N) is 2. The lowest BCUT2D eigenvalue weighted by molar-refractivity contribution is 0.370. The third-order valence-electron chi connectivity index (χ3n) is 3.73. The Balaban J connectivity index is 1.82. The van der Waals surface area contributed by atoms with Gasteiger partial charge in [0.25, 0.3) is 5.56 Å². The maximum Gasteiger partial charge on any atom is 0.270 e. The molecule has 0 aliphatic rings. The summed E-state index contributed by atoms with van der Waals surface area (Å²) in [4.78, 5) is 19.0. The van der Waals surface area contributed by atoms with Crippen molar-refractivity contribution in [2.75, 3.05) is 12.0 Å². The number of rotatable bonds is 6. The van der Waals surface area contributed by atoms with Gasteiger partial charge in [-0.2, -0.15) is 10.4 Å². The first-order valence-corrected chi connectivity index (χ1v) is 8.75. The molecule has 0 saturated carbocycles. The maximum atomic E-state index is 12.2. The van der Waals surface area contributed by atoms with Gasteiger partial charge in [0.1, 0.15) is 24.0 Å². The minimum absolute atomic E-state index is 0.0694. The third-order valence-corrected chi connectivity index (χ3v) is 4.02. The number of hydrogen-bond donors (Lipinski definition) is 2. The number of H-pyrrole nitrogens is 1. The molecule has 7 nitrogen and oxygen atoms in total. The highest BCUT2D eigenvalue weighted by molar-refractivity contribution is 6.32.